The maximum Gasteiger partial charge on any atom is 0.308 e. The Bertz CT molecular complexity index is 635. The van der Waals surface area contributed by atoms with Crippen LogP contribution in [0.2, 0.25) is 0 Å². The molecule has 1 atom stereocenters. The fraction of sp³-hybridized carbons (Fsp3) is 0.467. The molecule has 1 saturated heterocycles. The lowest BCUT2D eigenvalue weighted by molar-refractivity contribution is -0.141. The number of carboxylic acid groups (broad SMARTS) is 1. The number of anilines is 1. The van der Waals surface area contributed by atoms with Crippen LogP contribution in [0.25, 0.3) is 11.0 Å². The standard InChI is InChI=1S/C15H19N3O2/c1-2-18-13-8-4-3-7-12(13)16-15(18)17-9-5-6-11(10-17)14(19)20/h3-4,7-8,11H,2,5-6,9-10H2,1H3,(H,19,20)/t11-/m0/s1. The fourth-order valence-corrected chi connectivity index (χ4v) is 2.98. The molecule has 2 aromatic rings. The number of aryl methyl sites for hydroxylation is 1. The van der Waals surface area contributed by atoms with Crippen molar-refractivity contribution in [3.63, 3.8) is 0 Å². The minimum Gasteiger partial charge on any atom is -0.481 e. The highest BCUT2D eigenvalue weighted by Crippen LogP contribution is 2.26. The van der Waals surface area contributed by atoms with Gasteiger partial charge in [0.2, 0.25) is 5.95 Å². The third kappa shape index (κ3) is 2.13. The van der Waals surface area contributed by atoms with Crippen LogP contribution in [0.1, 0.15) is 19.8 Å². The van der Waals surface area contributed by atoms with Crippen molar-refractivity contribution in [1.29, 1.82) is 0 Å². The number of piperidine rings is 1. The Morgan fingerprint density at radius 3 is 3.00 bits per heavy atom. The first-order valence-corrected chi connectivity index (χ1v) is 7.13. The number of aliphatic carboxylic acids is 1. The summed E-state index contributed by atoms with van der Waals surface area (Å²) in [5.41, 5.74) is 2.09. The first-order chi connectivity index (χ1) is 9.70. The van der Waals surface area contributed by atoms with Crippen LogP contribution in [-0.4, -0.2) is 33.7 Å². The average Bonchev–Trinajstić information content (AvgIpc) is 2.86. The summed E-state index contributed by atoms with van der Waals surface area (Å²) in [5, 5.41) is 9.22. The van der Waals surface area contributed by atoms with E-state index in [1.165, 1.54) is 0 Å². The van der Waals surface area contributed by atoms with E-state index in [1.54, 1.807) is 0 Å². The number of carboxylic acids is 1. The van der Waals surface area contributed by atoms with Gasteiger partial charge in [0.25, 0.3) is 0 Å². The molecule has 1 aromatic carbocycles. The van der Waals surface area contributed by atoms with Gasteiger partial charge in [0, 0.05) is 19.6 Å². The van der Waals surface area contributed by atoms with E-state index in [-0.39, 0.29) is 5.92 Å². The molecule has 0 aliphatic carbocycles. The van der Waals surface area contributed by atoms with Gasteiger partial charge in [-0.15, -0.1) is 0 Å². The van der Waals surface area contributed by atoms with E-state index in [9.17, 15) is 9.90 Å². The summed E-state index contributed by atoms with van der Waals surface area (Å²) < 4.78 is 2.17. The Labute approximate surface area is 117 Å². The molecule has 3 rings (SSSR count). The molecule has 0 unspecified atom stereocenters. The SMILES string of the molecule is CCn1c(N2CCC[C@H](C(=O)O)C2)nc2ccccc21. The molecule has 0 radical (unpaired) electrons. The number of nitrogens with zero attached hydrogens (tertiary/aromatic N) is 3. The Kier molecular flexibility index (Phi) is 3.34. The molecule has 0 spiro atoms. The molecular weight excluding hydrogens is 254 g/mol. The van der Waals surface area contributed by atoms with E-state index in [1.807, 2.05) is 18.2 Å². The van der Waals surface area contributed by atoms with Gasteiger partial charge in [-0.25, -0.2) is 4.98 Å². The summed E-state index contributed by atoms with van der Waals surface area (Å²) >= 11 is 0. The van der Waals surface area contributed by atoms with Crippen molar-refractivity contribution in [3.05, 3.63) is 24.3 Å². The predicted molar refractivity (Wildman–Crippen MR) is 78.0 cm³/mol. The van der Waals surface area contributed by atoms with E-state index >= 15 is 0 Å². The average molecular weight is 273 g/mol. The van der Waals surface area contributed by atoms with Crippen LogP contribution in [0.4, 0.5) is 5.95 Å². The van der Waals surface area contributed by atoms with Gasteiger partial charge in [-0.3, -0.25) is 4.79 Å². The van der Waals surface area contributed by atoms with Crippen LogP contribution in [-0.2, 0) is 11.3 Å². The summed E-state index contributed by atoms with van der Waals surface area (Å²) in [6.07, 6.45) is 1.67. The molecule has 0 amide bonds. The monoisotopic (exact) mass is 273 g/mol. The number of carbonyl (C=O) groups is 1. The molecule has 0 bridgehead atoms. The van der Waals surface area contributed by atoms with Gasteiger partial charge >= 0.3 is 5.97 Å². The molecule has 1 aliphatic heterocycles. The van der Waals surface area contributed by atoms with E-state index in [0.717, 1.165) is 42.9 Å². The molecular formula is C15H19N3O2. The van der Waals surface area contributed by atoms with Crippen molar-refractivity contribution in [2.75, 3.05) is 18.0 Å². The highest BCUT2D eigenvalue weighted by molar-refractivity contribution is 5.79. The minimum atomic E-state index is -0.700. The number of hydrogen-bond acceptors (Lipinski definition) is 3. The molecule has 1 fully saturated rings. The summed E-state index contributed by atoms with van der Waals surface area (Å²) in [7, 11) is 0. The van der Waals surface area contributed by atoms with Crippen LogP contribution >= 0.6 is 0 Å². The van der Waals surface area contributed by atoms with Crippen LogP contribution in [0.3, 0.4) is 0 Å². The fourth-order valence-electron chi connectivity index (χ4n) is 2.98. The molecule has 5 nitrogen and oxygen atoms in total. The molecule has 20 heavy (non-hydrogen) atoms. The summed E-state index contributed by atoms with van der Waals surface area (Å²) in [4.78, 5) is 18.0. The number of rotatable bonds is 3. The van der Waals surface area contributed by atoms with Crippen molar-refractivity contribution < 1.29 is 9.90 Å². The van der Waals surface area contributed by atoms with Crippen molar-refractivity contribution in [3.8, 4) is 0 Å². The first-order valence-electron chi connectivity index (χ1n) is 7.13. The zero-order valence-electron chi connectivity index (χ0n) is 11.6. The Morgan fingerprint density at radius 2 is 2.25 bits per heavy atom. The van der Waals surface area contributed by atoms with E-state index < -0.39 is 5.97 Å². The maximum atomic E-state index is 11.2. The Hall–Kier alpha value is -2.04. The lowest BCUT2D eigenvalue weighted by atomic mass is 9.99. The van der Waals surface area contributed by atoms with Gasteiger partial charge in [0.1, 0.15) is 0 Å². The number of benzene rings is 1. The first kappa shape index (κ1) is 13.0. The van der Waals surface area contributed by atoms with Gasteiger partial charge in [-0.2, -0.15) is 0 Å². The van der Waals surface area contributed by atoms with Crippen LogP contribution in [0, 0.1) is 5.92 Å². The smallest absolute Gasteiger partial charge is 0.308 e. The largest absolute Gasteiger partial charge is 0.481 e. The third-order valence-corrected chi connectivity index (χ3v) is 4.00. The number of hydrogen-bond donors (Lipinski definition) is 1. The summed E-state index contributed by atoms with van der Waals surface area (Å²) in [6, 6.07) is 8.06. The molecule has 106 valence electrons. The highest BCUT2D eigenvalue weighted by atomic mass is 16.4. The number of aromatic nitrogens is 2. The van der Waals surface area contributed by atoms with Crippen molar-refractivity contribution in [1.82, 2.24) is 9.55 Å². The zero-order chi connectivity index (χ0) is 14.1. The van der Waals surface area contributed by atoms with Crippen LogP contribution in [0.15, 0.2) is 24.3 Å². The number of fused-ring (bicyclic) bond motifs is 1. The second-order valence-corrected chi connectivity index (χ2v) is 5.27. The molecule has 1 aromatic heterocycles. The molecule has 0 saturated carbocycles. The summed E-state index contributed by atoms with van der Waals surface area (Å²) in [6.45, 7) is 4.37. The van der Waals surface area contributed by atoms with E-state index in [2.05, 4.69) is 22.5 Å². The van der Waals surface area contributed by atoms with Crippen molar-refractivity contribution in [2.45, 2.75) is 26.3 Å². The van der Waals surface area contributed by atoms with E-state index in [4.69, 9.17) is 4.98 Å². The maximum absolute atomic E-state index is 11.2. The Balaban J connectivity index is 1.98. The number of imidazole rings is 1. The van der Waals surface area contributed by atoms with Gasteiger partial charge in [0.15, 0.2) is 0 Å². The van der Waals surface area contributed by atoms with Gasteiger partial charge in [-0.05, 0) is 31.9 Å². The minimum absolute atomic E-state index is 0.283. The predicted octanol–water partition coefficient (Wildman–Crippen LogP) is 2.36. The molecule has 5 heteroatoms. The molecule has 2 heterocycles. The molecule has 1 aliphatic rings. The van der Waals surface area contributed by atoms with Crippen LogP contribution < -0.4 is 4.90 Å². The zero-order valence-corrected chi connectivity index (χ0v) is 11.6. The van der Waals surface area contributed by atoms with Gasteiger partial charge in [0.05, 0.1) is 17.0 Å². The lowest BCUT2D eigenvalue weighted by Gasteiger charge is -2.31. The van der Waals surface area contributed by atoms with E-state index in [0.29, 0.717) is 6.54 Å². The molecule has 1 N–H and O–H groups in total. The lowest BCUT2D eigenvalue weighted by Crippen LogP contribution is -2.40. The van der Waals surface area contributed by atoms with Gasteiger partial charge in [-0.1, -0.05) is 12.1 Å². The van der Waals surface area contributed by atoms with Gasteiger partial charge < -0.3 is 14.6 Å². The highest BCUT2D eigenvalue weighted by Gasteiger charge is 2.28. The summed E-state index contributed by atoms with van der Waals surface area (Å²) in [5.74, 6) is -0.0811. The third-order valence-electron chi connectivity index (χ3n) is 4.00. The quantitative estimate of drug-likeness (QED) is 0.932. The topological polar surface area (TPSA) is 58.4 Å². The normalized spacial score (nSPS) is 19.4. The Morgan fingerprint density at radius 1 is 1.45 bits per heavy atom. The van der Waals surface area contributed by atoms with Crippen LogP contribution in [0.5, 0.6) is 0 Å². The van der Waals surface area contributed by atoms with Crippen molar-refractivity contribution >= 4 is 23.0 Å². The second kappa shape index (κ2) is 5.15. The van der Waals surface area contributed by atoms with Crippen molar-refractivity contribution in [2.24, 2.45) is 5.92 Å². The second-order valence-electron chi connectivity index (χ2n) is 5.27. The number of para-hydroxylation sites is 2.